The Hall–Kier alpha value is -1.31. The first-order valence-electron chi connectivity index (χ1n) is 11.4. The highest BCUT2D eigenvalue weighted by Gasteiger charge is 2.51. The van der Waals surface area contributed by atoms with Gasteiger partial charge in [0.25, 0.3) is 0 Å². The van der Waals surface area contributed by atoms with E-state index in [-0.39, 0.29) is 11.5 Å². The van der Waals surface area contributed by atoms with Gasteiger partial charge in [0.05, 0.1) is 24.0 Å². The molecule has 0 aromatic rings. The van der Waals surface area contributed by atoms with Crippen molar-refractivity contribution in [1.29, 1.82) is 0 Å². The fourth-order valence-electron chi connectivity index (χ4n) is 6.77. The predicted octanol–water partition coefficient (Wildman–Crippen LogP) is 4.00. The Morgan fingerprint density at radius 1 is 0.933 bits per heavy atom. The van der Waals surface area contributed by atoms with Gasteiger partial charge in [0.1, 0.15) is 0 Å². The maximum atomic E-state index is 12.6. The molecule has 0 radical (unpaired) electrons. The van der Waals surface area contributed by atoms with E-state index in [9.17, 15) is 22.8 Å². The fourth-order valence-corrected chi connectivity index (χ4v) is 6.77. The molecule has 0 spiro atoms. The van der Waals surface area contributed by atoms with E-state index in [1.807, 2.05) is 0 Å². The van der Waals surface area contributed by atoms with E-state index < -0.39 is 30.6 Å². The number of carbonyl (C=O) groups is 2. The Morgan fingerprint density at radius 3 is 2.07 bits per heavy atom. The molecule has 5 saturated carbocycles. The average molecular weight is 431 g/mol. The Kier molecular flexibility index (Phi) is 6.33. The zero-order chi connectivity index (χ0) is 21.4. The van der Waals surface area contributed by atoms with Crippen LogP contribution in [0.2, 0.25) is 0 Å². The van der Waals surface area contributed by atoms with Crippen LogP contribution >= 0.6 is 0 Å². The minimum absolute atomic E-state index is 0.0196. The normalized spacial score (nSPS) is 37.8. The van der Waals surface area contributed by atoms with Crippen LogP contribution in [0.25, 0.3) is 0 Å². The monoisotopic (exact) mass is 431 g/mol. The number of esters is 1. The van der Waals surface area contributed by atoms with Crippen LogP contribution in [0.3, 0.4) is 0 Å². The third-order valence-corrected chi connectivity index (χ3v) is 7.58. The summed E-state index contributed by atoms with van der Waals surface area (Å²) in [5.74, 6) is -0.261. The lowest BCUT2D eigenvalue weighted by atomic mass is 9.54. The second-order valence-electron chi connectivity index (χ2n) is 9.96. The summed E-state index contributed by atoms with van der Waals surface area (Å²) >= 11 is 0. The smallest absolute Gasteiger partial charge is 0.422 e. The minimum Gasteiger partial charge on any atom is -0.456 e. The second kappa shape index (κ2) is 8.67. The van der Waals surface area contributed by atoms with Gasteiger partial charge in [0.15, 0.2) is 6.61 Å². The number of amides is 1. The van der Waals surface area contributed by atoms with Crippen molar-refractivity contribution in [2.75, 3.05) is 19.8 Å². The van der Waals surface area contributed by atoms with Crippen molar-refractivity contribution in [2.24, 2.45) is 29.6 Å². The van der Waals surface area contributed by atoms with Gasteiger partial charge in [-0.2, -0.15) is 13.2 Å². The van der Waals surface area contributed by atoms with Gasteiger partial charge < -0.3 is 14.8 Å². The largest absolute Gasteiger partial charge is 0.456 e. The molecular weight excluding hydrogens is 399 g/mol. The van der Waals surface area contributed by atoms with Crippen LogP contribution < -0.4 is 5.32 Å². The van der Waals surface area contributed by atoms with E-state index in [1.165, 1.54) is 19.3 Å². The van der Waals surface area contributed by atoms with Crippen molar-refractivity contribution < 1.29 is 32.2 Å². The van der Waals surface area contributed by atoms with Crippen LogP contribution in [0.15, 0.2) is 0 Å². The summed E-state index contributed by atoms with van der Waals surface area (Å²) in [5, 5.41) is 2.85. The molecule has 0 unspecified atom stereocenters. The standard InChI is InChI=1S/C22H32F3NO4/c23-22(24,25)13-29-20(28)18-4-2-1-3-17(18)19(27)26-5-6-30-21-10-14-7-15(11-21)9-16(8-14)12-21/h14-18H,1-13H2,(H,26,27)/t14?,15?,16?,17-,18-,21?/m0/s1. The minimum atomic E-state index is -4.56. The molecule has 5 rings (SSSR count). The average Bonchev–Trinajstić information content (AvgIpc) is 2.67. The fraction of sp³-hybridized carbons (Fsp3) is 0.909. The summed E-state index contributed by atoms with van der Waals surface area (Å²) in [4.78, 5) is 24.8. The van der Waals surface area contributed by atoms with Crippen LogP contribution in [0.4, 0.5) is 13.2 Å². The van der Waals surface area contributed by atoms with E-state index in [0.717, 1.165) is 43.4 Å². The topological polar surface area (TPSA) is 64.6 Å². The van der Waals surface area contributed by atoms with E-state index in [4.69, 9.17) is 4.74 Å². The van der Waals surface area contributed by atoms with Gasteiger partial charge in [0, 0.05) is 6.54 Å². The summed E-state index contributed by atoms with van der Waals surface area (Å²) in [6.07, 6.45) is 5.22. The lowest BCUT2D eigenvalue weighted by Crippen LogP contribution is -2.52. The van der Waals surface area contributed by atoms with Gasteiger partial charge in [0.2, 0.25) is 5.91 Å². The maximum Gasteiger partial charge on any atom is 0.422 e. The molecule has 0 aliphatic heterocycles. The molecular formula is C22H32F3NO4. The molecule has 5 aliphatic carbocycles. The number of hydrogen-bond acceptors (Lipinski definition) is 4. The number of carbonyl (C=O) groups excluding carboxylic acids is 2. The number of alkyl halides is 3. The van der Waals surface area contributed by atoms with Crippen LogP contribution in [-0.4, -0.2) is 43.4 Å². The van der Waals surface area contributed by atoms with Crippen LogP contribution in [0.1, 0.15) is 64.2 Å². The van der Waals surface area contributed by atoms with E-state index in [0.29, 0.717) is 32.4 Å². The maximum absolute atomic E-state index is 12.6. The Morgan fingerprint density at radius 2 is 1.50 bits per heavy atom. The molecule has 170 valence electrons. The van der Waals surface area contributed by atoms with E-state index >= 15 is 0 Å². The number of halogens is 3. The van der Waals surface area contributed by atoms with E-state index in [2.05, 4.69) is 10.1 Å². The second-order valence-corrected chi connectivity index (χ2v) is 9.96. The van der Waals surface area contributed by atoms with Crippen molar-refractivity contribution >= 4 is 11.9 Å². The first-order chi connectivity index (χ1) is 14.2. The van der Waals surface area contributed by atoms with Crippen LogP contribution in [0, 0.1) is 29.6 Å². The molecule has 0 aromatic heterocycles. The van der Waals surface area contributed by atoms with Crippen LogP contribution in [-0.2, 0) is 19.1 Å². The zero-order valence-electron chi connectivity index (χ0n) is 17.3. The summed E-state index contributed by atoms with van der Waals surface area (Å²) in [6.45, 7) is -0.801. The predicted molar refractivity (Wildman–Crippen MR) is 102 cm³/mol. The molecule has 1 N–H and O–H groups in total. The first-order valence-corrected chi connectivity index (χ1v) is 11.4. The molecule has 5 nitrogen and oxygen atoms in total. The Bertz CT molecular complexity index is 615. The molecule has 1 amide bonds. The molecule has 30 heavy (non-hydrogen) atoms. The molecule has 2 atom stereocenters. The Labute approximate surface area is 175 Å². The van der Waals surface area contributed by atoms with Crippen molar-refractivity contribution in [1.82, 2.24) is 5.32 Å². The highest BCUT2D eigenvalue weighted by atomic mass is 19.4. The van der Waals surface area contributed by atoms with Gasteiger partial charge in [-0.1, -0.05) is 12.8 Å². The molecule has 0 aromatic carbocycles. The SMILES string of the molecule is O=C(NCCOC12CC3CC(CC(C3)C1)C2)[C@H]1CCCC[C@@H]1C(=O)OCC(F)(F)F. The van der Waals surface area contributed by atoms with Crippen LogP contribution in [0.5, 0.6) is 0 Å². The lowest BCUT2D eigenvalue weighted by Gasteiger charge is -2.56. The number of hydrogen-bond donors (Lipinski definition) is 1. The third-order valence-electron chi connectivity index (χ3n) is 7.58. The first kappa shape index (κ1) is 21.9. The number of rotatable bonds is 7. The molecule has 5 aliphatic rings. The summed E-state index contributed by atoms with van der Waals surface area (Å²) in [5.41, 5.74) is -0.0196. The van der Waals surface area contributed by atoms with Gasteiger partial charge in [-0.25, -0.2) is 0 Å². The molecule has 8 heteroatoms. The van der Waals surface area contributed by atoms with Crippen molar-refractivity contribution in [3.05, 3.63) is 0 Å². The zero-order valence-corrected chi connectivity index (χ0v) is 17.3. The van der Waals surface area contributed by atoms with Crippen molar-refractivity contribution in [2.45, 2.75) is 76.0 Å². The number of nitrogens with one attached hydrogen (secondary N) is 1. The molecule has 4 bridgehead atoms. The van der Waals surface area contributed by atoms with Crippen molar-refractivity contribution in [3.8, 4) is 0 Å². The molecule has 0 saturated heterocycles. The summed E-state index contributed by atoms with van der Waals surface area (Å²) in [7, 11) is 0. The van der Waals surface area contributed by atoms with E-state index in [1.54, 1.807) is 0 Å². The van der Waals surface area contributed by atoms with Crippen molar-refractivity contribution in [3.63, 3.8) is 0 Å². The van der Waals surface area contributed by atoms with Gasteiger partial charge in [-0.15, -0.1) is 0 Å². The highest BCUT2D eigenvalue weighted by Crippen LogP contribution is 2.57. The van der Waals surface area contributed by atoms with Gasteiger partial charge >= 0.3 is 12.1 Å². The Balaban J connectivity index is 1.23. The molecule has 5 fully saturated rings. The summed E-state index contributed by atoms with van der Waals surface area (Å²) < 4.78 is 47.7. The van der Waals surface area contributed by atoms with Gasteiger partial charge in [-0.05, 0) is 69.1 Å². The third kappa shape index (κ3) is 5.11. The highest BCUT2D eigenvalue weighted by molar-refractivity contribution is 5.85. The summed E-state index contributed by atoms with van der Waals surface area (Å²) in [6, 6.07) is 0. The van der Waals surface area contributed by atoms with Gasteiger partial charge in [-0.3, -0.25) is 9.59 Å². The molecule has 0 heterocycles. The quantitative estimate of drug-likeness (QED) is 0.489. The number of ether oxygens (including phenoxy) is 2. The lowest BCUT2D eigenvalue weighted by molar-refractivity contribution is -0.191.